The van der Waals surface area contributed by atoms with E-state index in [-0.39, 0.29) is 0 Å². The van der Waals surface area contributed by atoms with Gasteiger partial charge in [0.2, 0.25) is 0 Å². The first-order chi connectivity index (χ1) is 8.43. The van der Waals surface area contributed by atoms with Gasteiger partial charge in [-0.05, 0) is 11.5 Å². The molecule has 0 unspecified atom stereocenters. The molecule has 4 nitrogen and oxygen atoms in total. The first-order valence-corrected chi connectivity index (χ1v) is 5.39. The zero-order valence-electron chi connectivity index (χ0n) is 8.91. The lowest BCUT2D eigenvalue weighted by Crippen LogP contribution is -1.85. The number of pyridine rings is 1. The topological polar surface area (TPSA) is 43.1 Å². The van der Waals surface area contributed by atoms with Crippen molar-refractivity contribution >= 4 is 27.6 Å². The molecule has 0 spiro atoms. The van der Waals surface area contributed by atoms with E-state index in [9.17, 15) is 0 Å². The summed E-state index contributed by atoms with van der Waals surface area (Å²) in [6, 6.07) is 10.3. The van der Waals surface area contributed by atoms with Crippen molar-refractivity contribution in [2.24, 2.45) is 0 Å². The molecule has 0 N–H and O–H groups in total. The predicted molar refractivity (Wildman–Crippen MR) is 65.8 cm³/mol. The Morgan fingerprint density at radius 1 is 1.06 bits per heavy atom. The molecule has 0 saturated heterocycles. The third-order valence-corrected chi connectivity index (χ3v) is 2.98. The van der Waals surface area contributed by atoms with Crippen LogP contribution in [0.15, 0.2) is 49.1 Å². The number of aromatic nitrogens is 4. The van der Waals surface area contributed by atoms with Crippen LogP contribution in [0.2, 0.25) is 0 Å². The normalized spacial score (nSPS) is 11.5. The van der Waals surface area contributed by atoms with E-state index in [2.05, 4.69) is 33.2 Å². The third kappa shape index (κ3) is 1.09. The first kappa shape index (κ1) is 8.64. The zero-order valence-corrected chi connectivity index (χ0v) is 8.91. The molecule has 0 saturated carbocycles. The van der Waals surface area contributed by atoms with Crippen molar-refractivity contribution in [2.75, 3.05) is 0 Å². The van der Waals surface area contributed by atoms with Crippen molar-refractivity contribution in [3.8, 4) is 0 Å². The Morgan fingerprint density at radius 2 is 2.00 bits per heavy atom. The maximum atomic E-state index is 4.56. The number of benzene rings is 1. The van der Waals surface area contributed by atoms with Crippen LogP contribution in [-0.4, -0.2) is 19.4 Å². The summed E-state index contributed by atoms with van der Waals surface area (Å²) < 4.78 is 2.03. The van der Waals surface area contributed by atoms with Crippen molar-refractivity contribution in [1.82, 2.24) is 19.4 Å². The lowest BCUT2D eigenvalue weighted by molar-refractivity contribution is 1.18. The zero-order chi connectivity index (χ0) is 11.2. The van der Waals surface area contributed by atoms with Gasteiger partial charge in [0.25, 0.3) is 0 Å². The summed E-state index contributed by atoms with van der Waals surface area (Å²) in [6.07, 6.45) is 5.32. The average molecular weight is 220 g/mol. The van der Waals surface area contributed by atoms with Crippen LogP contribution in [0.1, 0.15) is 0 Å². The van der Waals surface area contributed by atoms with Gasteiger partial charge in [0.15, 0.2) is 5.65 Å². The molecule has 4 rings (SSSR count). The minimum atomic E-state index is 0.733. The Labute approximate surface area is 96.6 Å². The van der Waals surface area contributed by atoms with E-state index >= 15 is 0 Å². The summed E-state index contributed by atoms with van der Waals surface area (Å²) in [5.74, 6) is 0. The lowest BCUT2D eigenvalue weighted by Gasteiger charge is -1.99. The molecule has 0 fully saturated rings. The van der Waals surface area contributed by atoms with Crippen LogP contribution in [0.25, 0.3) is 27.6 Å². The number of rotatable bonds is 0. The molecule has 80 valence electrons. The number of fused-ring (bicyclic) bond motifs is 5. The molecule has 1 aromatic carbocycles. The Kier molecular flexibility index (Phi) is 1.53. The van der Waals surface area contributed by atoms with Gasteiger partial charge in [0, 0.05) is 11.6 Å². The van der Waals surface area contributed by atoms with Crippen LogP contribution >= 0.6 is 0 Å². The van der Waals surface area contributed by atoms with Crippen LogP contribution in [0.4, 0.5) is 0 Å². The Morgan fingerprint density at radius 3 is 3.00 bits per heavy atom. The molecule has 4 aromatic rings. The summed E-state index contributed by atoms with van der Waals surface area (Å²) in [7, 11) is 0. The van der Waals surface area contributed by atoms with E-state index in [1.807, 2.05) is 22.7 Å². The minimum absolute atomic E-state index is 0.733. The molecule has 3 aromatic heterocycles. The molecular formula is C13H8N4. The number of imidazole rings is 1. The van der Waals surface area contributed by atoms with E-state index in [0.29, 0.717) is 0 Å². The van der Waals surface area contributed by atoms with Crippen LogP contribution in [-0.2, 0) is 0 Å². The van der Waals surface area contributed by atoms with Gasteiger partial charge in [0.1, 0.15) is 17.5 Å². The summed E-state index contributed by atoms with van der Waals surface area (Å²) in [4.78, 5) is 12.8. The highest BCUT2D eigenvalue weighted by Crippen LogP contribution is 2.22. The third-order valence-electron chi connectivity index (χ3n) is 2.98. The van der Waals surface area contributed by atoms with Crippen molar-refractivity contribution in [3.05, 3.63) is 49.1 Å². The molecule has 0 aliphatic heterocycles. The van der Waals surface area contributed by atoms with E-state index in [0.717, 1.165) is 22.2 Å². The second-order valence-corrected chi connectivity index (χ2v) is 3.94. The van der Waals surface area contributed by atoms with Gasteiger partial charge in [-0.3, -0.25) is 4.40 Å². The molecule has 0 radical (unpaired) electrons. The monoisotopic (exact) mass is 220 g/mol. The molecule has 0 bridgehead atoms. The number of hydrogen-bond acceptors (Lipinski definition) is 3. The Bertz CT molecular complexity index is 848. The molecule has 0 aliphatic rings. The van der Waals surface area contributed by atoms with E-state index in [1.54, 1.807) is 6.20 Å². The predicted octanol–water partition coefficient (Wildman–Crippen LogP) is 2.43. The van der Waals surface area contributed by atoms with Gasteiger partial charge in [0.05, 0.1) is 6.20 Å². The maximum Gasteiger partial charge on any atom is 0.181 e. The van der Waals surface area contributed by atoms with Crippen LogP contribution < -0.4 is 0 Å². The molecule has 0 amide bonds. The maximum absolute atomic E-state index is 4.56. The van der Waals surface area contributed by atoms with Crippen molar-refractivity contribution in [1.29, 1.82) is 0 Å². The van der Waals surface area contributed by atoms with Crippen LogP contribution in [0.5, 0.6) is 0 Å². The molecule has 3 heterocycles. The number of hydrogen-bond donors (Lipinski definition) is 0. The SMILES string of the molecule is c1ccc2c(c1)ccn1c3cncnc3nc21. The van der Waals surface area contributed by atoms with Gasteiger partial charge in [-0.1, -0.05) is 24.3 Å². The highest BCUT2D eigenvalue weighted by atomic mass is 15.1. The second-order valence-electron chi connectivity index (χ2n) is 3.94. The minimum Gasteiger partial charge on any atom is -0.296 e. The molecule has 17 heavy (non-hydrogen) atoms. The molecule has 0 atom stereocenters. The largest absolute Gasteiger partial charge is 0.296 e. The van der Waals surface area contributed by atoms with Gasteiger partial charge < -0.3 is 0 Å². The molecule has 4 heteroatoms. The summed E-state index contributed by atoms with van der Waals surface area (Å²) in [5, 5.41) is 2.32. The van der Waals surface area contributed by atoms with Crippen molar-refractivity contribution in [3.63, 3.8) is 0 Å². The summed E-state index contributed by atoms with van der Waals surface area (Å²) in [6.45, 7) is 0. The highest BCUT2D eigenvalue weighted by Gasteiger charge is 2.07. The standard InChI is InChI=1S/C13H8N4/c1-2-4-10-9(3-1)5-6-17-11-7-14-8-15-12(11)16-13(10)17/h1-8H. The fourth-order valence-electron chi connectivity index (χ4n) is 2.18. The summed E-state index contributed by atoms with van der Waals surface area (Å²) >= 11 is 0. The quantitative estimate of drug-likeness (QED) is 0.457. The van der Waals surface area contributed by atoms with E-state index in [4.69, 9.17) is 0 Å². The first-order valence-electron chi connectivity index (χ1n) is 5.39. The highest BCUT2D eigenvalue weighted by molar-refractivity contribution is 5.97. The lowest BCUT2D eigenvalue weighted by atomic mass is 10.2. The van der Waals surface area contributed by atoms with Gasteiger partial charge in [-0.2, -0.15) is 0 Å². The van der Waals surface area contributed by atoms with Crippen molar-refractivity contribution < 1.29 is 0 Å². The van der Waals surface area contributed by atoms with Gasteiger partial charge >= 0.3 is 0 Å². The van der Waals surface area contributed by atoms with Gasteiger partial charge in [-0.25, -0.2) is 15.0 Å². The van der Waals surface area contributed by atoms with Gasteiger partial charge in [-0.15, -0.1) is 0 Å². The fourth-order valence-corrected chi connectivity index (χ4v) is 2.18. The second kappa shape index (κ2) is 3.01. The Balaban J connectivity index is 2.34. The average Bonchev–Trinajstić information content (AvgIpc) is 2.78. The van der Waals surface area contributed by atoms with E-state index < -0.39 is 0 Å². The van der Waals surface area contributed by atoms with Crippen LogP contribution in [0, 0.1) is 0 Å². The molecule has 0 aliphatic carbocycles. The fraction of sp³-hybridized carbons (Fsp3) is 0. The molecular weight excluding hydrogens is 212 g/mol. The Hall–Kier alpha value is -2.49. The van der Waals surface area contributed by atoms with Crippen LogP contribution in [0.3, 0.4) is 0 Å². The van der Waals surface area contributed by atoms with Crippen molar-refractivity contribution in [2.45, 2.75) is 0 Å². The number of nitrogens with zero attached hydrogens (tertiary/aromatic N) is 4. The van der Waals surface area contributed by atoms with E-state index in [1.165, 1.54) is 11.7 Å². The summed E-state index contributed by atoms with van der Waals surface area (Å²) in [5.41, 5.74) is 2.60. The smallest absolute Gasteiger partial charge is 0.181 e.